The molecule has 2 aromatic rings. The first-order chi connectivity index (χ1) is 12.2. The lowest BCUT2D eigenvalue weighted by Gasteiger charge is -2.17. The second-order valence-corrected chi connectivity index (χ2v) is 5.48. The first-order valence-corrected chi connectivity index (χ1v) is 7.85. The highest BCUT2D eigenvalue weighted by molar-refractivity contribution is 5.97. The van der Waals surface area contributed by atoms with Crippen LogP contribution in [0.1, 0.15) is 11.1 Å². The van der Waals surface area contributed by atoms with Gasteiger partial charge in [-0.1, -0.05) is 30.3 Å². The molecule has 0 aliphatic carbocycles. The molecule has 1 aliphatic rings. The van der Waals surface area contributed by atoms with Gasteiger partial charge in [-0.25, -0.2) is 4.79 Å². The zero-order valence-electron chi connectivity index (χ0n) is 13.5. The number of benzene rings is 2. The smallest absolute Gasteiger partial charge is 0.344 e. The Morgan fingerprint density at radius 3 is 2.68 bits per heavy atom. The van der Waals surface area contributed by atoms with Crippen molar-refractivity contribution in [3.63, 3.8) is 0 Å². The number of fused-ring (bicyclic) bond motifs is 1. The third-order valence-corrected chi connectivity index (χ3v) is 3.90. The van der Waals surface area contributed by atoms with Gasteiger partial charge in [0.25, 0.3) is 5.91 Å². The number of amides is 1. The normalized spacial score (nSPS) is 12.2. The summed E-state index contributed by atoms with van der Waals surface area (Å²) in [7, 11) is 0. The number of ether oxygens (including phenoxy) is 2. The number of anilines is 1. The van der Waals surface area contributed by atoms with Crippen LogP contribution in [0.4, 0.5) is 5.69 Å². The maximum Gasteiger partial charge on any atom is 0.344 e. The van der Waals surface area contributed by atoms with Crippen LogP contribution in [-0.4, -0.2) is 31.6 Å². The quantitative estimate of drug-likeness (QED) is 0.781. The van der Waals surface area contributed by atoms with Gasteiger partial charge in [0.15, 0.2) is 13.2 Å². The van der Waals surface area contributed by atoms with E-state index in [9.17, 15) is 9.59 Å². The van der Waals surface area contributed by atoms with Crippen LogP contribution < -0.4 is 9.64 Å². The number of nitrogens with zero attached hydrogens (tertiary/aromatic N) is 2. The molecule has 6 heteroatoms. The molecule has 0 spiro atoms. The second kappa shape index (κ2) is 7.49. The van der Waals surface area contributed by atoms with Crippen LogP contribution in [0, 0.1) is 11.3 Å². The minimum Gasteiger partial charge on any atom is -0.481 e. The molecule has 25 heavy (non-hydrogen) atoms. The topological polar surface area (TPSA) is 79.6 Å². The molecule has 0 radical (unpaired) electrons. The monoisotopic (exact) mass is 336 g/mol. The van der Waals surface area contributed by atoms with Crippen molar-refractivity contribution in [1.82, 2.24) is 0 Å². The Bertz CT molecular complexity index is 841. The van der Waals surface area contributed by atoms with E-state index >= 15 is 0 Å². The number of esters is 1. The van der Waals surface area contributed by atoms with Crippen molar-refractivity contribution in [3.8, 4) is 11.8 Å². The fourth-order valence-corrected chi connectivity index (χ4v) is 2.68. The Balaban J connectivity index is 1.50. The molecule has 1 heterocycles. The minimum atomic E-state index is -0.659. The standard InChI is InChI=1S/C19H16N2O4/c20-11-15-6-2-4-8-17(15)24-13-19(23)25-12-18(22)21-10-9-14-5-1-3-7-16(14)21/h1-8H,9-10,12-13H2. The number of hydrogen-bond acceptors (Lipinski definition) is 5. The predicted molar refractivity (Wildman–Crippen MR) is 90.1 cm³/mol. The van der Waals surface area contributed by atoms with Crippen LogP contribution in [0.25, 0.3) is 0 Å². The number of para-hydroxylation sites is 2. The summed E-state index contributed by atoms with van der Waals surface area (Å²) in [6, 6.07) is 16.2. The fourth-order valence-electron chi connectivity index (χ4n) is 2.68. The first kappa shape index (κ1) is 16.5. The lowest BCUT2D eigenvalue weighted by atomic mass is 10.2. The minimum absolute atomic E-state index is 0.268. The Morgan fingerprint density at radius 2 is 1.84 bits per heavy atom. The molecule has 0 aromatic heterocycles. The average molecular weight is 336 g/mol. The lowest BCUT2D eigenvalue weighted by molar-refractivity contribution is -0.149. The number of carbonyl (C=O) groups is 2. The van der Waals surface area contributed by atoms with E-state index in [2.05, 4.69) is 0 Å². The number of rotatable bonds is 5. The summed E-state index contributed by atoms with van der Waals surface area (Å²) in [5, 5.41) is 8.96. The molecule has 126 valence electrons. The highest BCUT2D eigenvalue weighted by atomic mass is 16.6. The van der Waals surface area contributed by atoms with Crippen molar-refractivity contribution in [2.75, 3.05) is 24.7 Å². The molecular weight excluding hydrogens is 320 g/mol. The van der Waals surface area contributed by atoms with Crippen LogP contribution in [0.2, 0.25) is 0 Å². The van der Waals surface area contributed by atoms with Crippen LogP contribution in [0.15, 0.2) is 48.5 Å². The maximum atomic E-state index is 12.3. The molecule has 3 rings (SSSR count). The molecule has 0 unspecified atom stereocenters. The largest absolute Gasteiger partial charge is 0.481 e. The van der Waals surface area contributed by atoms with Gasteiger partial charge in [-0.2, -0.15) is 5.26 Å². The summed E-state index contributed by atoms with van der Waals surface area (Å²) in [5.74, 6) is -0.619. The molecule has 0 bridgehead atoms. The molecule has 1 aliphatic heterocycles. The van der Waals surface area contributed by atoms with Gasteiger partial charge in [0, 0.05) is 12.2 Å². The molecule has 0 atom stereocenters. The highest BCUT2D eigenvalue weighted by Gasteiger charge is 2.24. The van der Waals surface area contributed by atoms with Crippen molar-refractivity contribution in [2.24, 2.45) is 0 Å². The predicted octanol–water partition coefficient (Wildman–Crippen LogP) is 2.07. The fraction of sp³-hybridized carbons (Fsp3) is 0.211. The summed E-state index contributed by atoms with van der Waals surface area (Å²) >= 11 is 0. The van der Waals surface area contributed by atoms with Gasteiger partial charge >= 0.3 is 5.97 Å². The Morgan fingerprint density at radius 1 is 1.08 bits per heavy atom. The zero-order chi connectivity index (χ0) is 17.6. The summed E-state index contributed by atoms with van der Waals surface area (Å²) in [5.41, 5.74) is 2.31. The van der Waals surface area contributed by atoms with Crippen LogP contribution >= 0.6 is 0 Å². The van der Waals surface area contributed by atoms with E-state index in [-0.39, 0.29) is 19.1 Å². The SMILES string of the molecule is N#Cc1ccccc1OCC(=O)OCC(=O)N1CCc2ccccc21. The van der Waals surface area contributed by atoms with Gasteiger partial charge in [0.05, 0.1) is 5.56 Å². The van der Waals surface area contributed by atoms with Crippen LogP contribution in [0.3, 0.4) is 0 Å². The van der Waals surface area contributed by atoms with E-state index in [0.29, 0.717) is 17.9 Å². The van der Waals surface area contributed by atoms with Crippen molar-refractivity contribution in [3.05, 3.63) is 59.7 Å². The summed E-state index contributed by atoms with van der Waals surface area (Å²) in [6.45, 7) is -0.110. The van der Waals surface area contributed by atoms with Gasteiger partial charge in [-0.3, -0.25) is 4.79 Å². The average Bonchev–Trinajstić information content (AvgIpc) is 3.09. The molecule has 0 fully saturated rings. The number of carbonyl (C=O) groups excluding carboxylic acids is 2. The molecule has 0 saturated heterocycles. The van der Waals surface area contributed by atoms with Crippen molar-refractivity contribution in [1.29, 1.82) is 5.26 Å². The van der Waals surface area contributed by atoms with E-state index in [1.165, 1.54) is 0 Å². The summed E-state index contributed by atoms with van der Waals surface area (Å²) in [6.07, 6.45) is 0.796. The van der Waals surface area contributed by atoms with Crippen LogP contribution in [0.5, 0.6) is 5.75 Å². The second-order valence-electron chi connectivity index (χ2n) is 5.48. The summed E-state index contributed by atoms with van der Waals surface area (Å²) < 4.78 is 10.3. The molecule has 0 N–H and O–H groups in total. The van der Waals surface area contributed by atoms with Gasteiger partial charge in [0.2, 0.25) is 0 Å². The van der Waals surface area contributed by atoms with E-state index in [1.807, 2.05) is 30.3 Å². The van der Waals surface area contributed by atoms with E-state index in [1.54, 1.807) is 29.2 Å². The van der Waals surface area contributed by atoms with Crippen molar-refractivity contribution in [2.45, 2.75) is 6.42 Å². The third-order valence-electron chi connectivity index (χ3n) is 3.90. The molecule has 2 aromatic carbocycles. The van der Waals surface area contributed by atoms with E-state index in [4.69, 9.17) is 14.7 Å². The van der Waals surface area contributed by atoms with Crippen molar-refractivity contribution < 1.29 is 19.1 Å². The van der Waals surface area contributed by atoms with Gasteiger partial charge in [0.1, 0.15) is 11.8 Å². The maximum absolute atomic E-state index is 12.3. The molecule has 0 saturated carbocycles. The van der Waals surface area contributed by atoms with Gasteiger partial charge in [-0.15, -0.1) is 0 Å². The number of nitriles is 1. The Kier molecular flexibility index (Phi) is 4.95. The number of hydrogen-bond donors (Lipinski definition) is 0. The molecule has 1 amide bonds. The third kappa shape index (κ3) is 3.78. The zero-order valence-corrected chi connectivity index (χ0v) is 13.5. The molecule has 6 nitrogen and oxygen atoms in total. The van der Waals surface area contributed by atoms with E-state index in [0.717, 1.165) is 17.7 Å². The summed E-state index contributed by atoms with van der Waals surface area (Å²) in [4.78, 5) is 25.7. The van der Waals surface area contributed by atoms with Gasteiger partial charge in [-0.05, 0) is 30.2 Å². The van der Waals surface area contributed by atoms with Crippen molar-refractivity contribution >= 4 is 17.6 Å². The van der Waals surface area contributed by atoms with Crippen LogP contribution in [-0.2, 0) is 20.7 Å². The Hall–Kier alpha value is -3.33. The molecular formula is C19H16N2O4. The van der Waals surface area contributed by atoms with E-state index < -0.39 is 5.97 Å². The van der Waals surface area contributed by atoms with Gasteiger partial charge < -0.3 is 14.4 Å². The highest BCUT2D eigenvalue weighted by Crippen LogP contribution is 2.27. The lowest BCUT2D eigenvalue weighted by Crippen LogP contribution is -2.33. The Labute approximate surface area is 145 Å². The first-order valence-electron chi connectivity index (χ1n) is 7.85.